The molecule has 6 aromatic heterocycles. The van der Waals surface area contributed by atoms with Crippen molar-refractivity contribution in [1.29, 1.82) is 0 Å². The Labute approximate surface area is 533 Å². The van der Waals surface area contributed by atoms with E-state index in [1.165, 1.54) is 229 Å². The molecular formula is C74H104N2O2S6. The van der Waals surface area contributed by atoms with Gasteiger partial charge in [-0.1, -0.05) is 208 Å². The van der Waals surface area contributed by atoms with Crippen molar-refractivity contribution in [2.45, 2.75) is 260 Å². The van der Waals surface area contributed by atoms with E-state index < -0.39 is 0 Å². The van der Waals surface area contributed by atoms with Crippen LogP contribution in [0.15, 0.2) is 83.9 Å². The molecule has 6 aromatic rings. The van der Waals surface area contributed by atoms with Gasteiger partial charge in [0.25, 0.3) is 11.8 Å². The van der Waals surface area contributed by atoms with E-state index in [-0.39, 0.29) is 11.8 Å². The van der Waals surface area contributed by atoms with Crippen LogP contribution in [0.2, 0.25) is 0 Å². The van der Waals surface area contributed by atoms with Gasteiger partial charge in [-0.15, -0.1) is 68.0 Å². The number of nitrogens with zero attached hydrogens (tertiary/aromatic N) is 2. The van der Waals surface area contributed by atoms with Gasteiger partial charge in [0.05, 0.1) is 32.3 Å². The molecule has 8 rings (SSSR count). The van der Waals surface area contributed by atoms with Gasteiger partial charge in [-0.2, -0.15) is 0 Å². The molecule has 458 valence electrons. The molecule has 0 fully saturated rings. The van der Waals surface area contributed by atoms with Gasteiger partial charge in [0, 0.05) is 61.9 Å². The van der Waals surface area contributed by atoms with Gasteiger partial charge in [-0.05, 0) is 136 Å². The maximum absolute atomic E-state index is 16.2. The van der Waals surface area contributed by atoms with Crippen LogP contribution < -0.4 is 0 Å². The lowest BCUT2D eigenvalue weighted by atomic mass is 9.93. The third-order valence-electron chi connectivity index (χ3n) is 17.7. The molecule has 10 heteroatoms. The summed E-state index contributed by atoms with van der Waals surface area (Å²) >= 11 is 11.2. The highest BCUT2D eigenvalue weighted by Gasteiger charge is 2.50. The molecule has 0 saturated heterocycles. The molecule has 0 N–H and O–H groups in total. The lowest BCUT2D eigenvalue weighted by Crippen LogP contribution is -2.34. The van der Waals surface area contributed by atoms with Crippen molar-refractivity contribution in [3.63, 3.8) is 0 Å². The molecule has 2 amide bonds. The van der Waals surface area contributed by atoms with Gasteiger partial charge in [0.15, 0.2) is 0 Å². The third kappa shape index (κ3) is 18.8. The fourth-order valence-electron chi connectivity index (χ4n) is 12.7. The zero-order valence-corrected chi connectivity index (χ0v) is 57.6. The molecule has 0 aromatic carbocycles. The van der Waals surface area contributed by atoms with Crippen LogP contribution in [0.3, 0.4) is 0 Å². The largest absolute Gasteiger partial charge is 0.306 e. The van der Waals surface area contributed by atoms with E-state index in [4.69, 9.17) is 0 Å². The van der Waals surface area contributed by atoms with Crippen LogP contribution >= 0.6 is 68.0 Å². The molecule has 2 atom stereocenters. The van der Waals surface area contributed by atoms with E-state index in [1.54, 1.807) is 22.7 Å². The maximum atomic E-state index is 16.2. The summed E-state index contributed by atoms with van der Waals surface area (Å²) in [6.07, 6.45) is 42.0. The Hall–Kier alpha value is -3.38. The first-order chi connectivity index (χ1) is 41.3. The normalized spacial score (nSPS) is 14.4. The van der Waals surface area contributed by atoms with Gasteiger partial charge in [-0.3, -0.25) is 9.59 Å². The van der Waals surface area contributed by atoms with Crippen LogP contribution in [0.5, 0.6) is 0 Å². The zero-order chi connectivity index (χ0) is 58.9. The van der Waals surface area contributed by atoms with E-state index in [9.17, 15) is 0 Å². The number of fused-ring (bicyclic) bond motifs is 1. The topological polar surface area (TPSA) is 40.6 Å². The lowest BCUT2D eigenvalue weighted by molar-refractivity contribution is -0.124. The van der Waals surface area contributed by atoms with E-state index >= 15 is 9.59 Å². The lowest BCUT2D eigenvalue weighted by Gasteiger charge is -2.29. The quantitative estimate of drug-likeness (QED) is 0.0358. The molecule has 2 unspecified atom stereocenters. The predicted molar refractivity (Wildman–Crippen MR) is 375 cm³/mol. The number of aryl methyl sites for hydroxylation is 2. The fraction of sp³-hybridized carbons (Fsp3) is 0.595. The average molecular weight is 1250 g/mol. The number of carbonyl (C=O) groups is 2. The summed E-state index contributed by atoms with van der Waals surface area (Å²) in [5, 5.41) is 0. The number of amides is 2. The monoisotopic (exact) mass is 1240 g/mol. The highest BCUT2D eigenvalue weighted by molar-refractivity contribution is 7.27. The highest BCUT2D eigenvalue weighted by atomic mass is 32.1. The summed E-state index contributed by atoms with van der Waals surface area (Å²) in [5.74, 6) is 0.816. The zero-order valence-electron chi connectivity index (χ0n) is 52.7. The summed E-state index contributed by atoms with van der Waals surface area (Å²) in [7, 11) is 0. The number of thiophene rings is 6. The molecule has 0 saturated carbocycles. The second kappa shape index (κ2) is 36.2. The van der Waals surface area contributed by atoms with Gasteiger partial charge in [-0.25, -0.2) is 0 Å². The summed E-state index contributed by atoms with van der Waals surface area (Å²) in [5.41, 5.74) is 3.06. The van der Waals surface area contributed by atoms with Crippen molar-refractivity contribution in [2.24, 2.45) is 11.8 Å². The summed E-state index contributed by atoms with van der Waals surface area (Å²) in [4.78, 5) is 51.9. The minimum Gasteiger partial charge on any atom is -0.306 e. The molecule has 0 spiro atoms. The first kappa shape index (κ1) is 66.6. The molecule has 0 radical (unpaired) electrons. The molecule has 2 aliphatic heterocycles. The number of unbranched alkanes of at least 4 members (excludes halogenated alkanes) is 22. The van der Waals surface area contributed by atoms with Crippen molar-refractivity contribution >= 4 is 91.2 Å². The highest BCUT2D eigenvalue weighted by Crippen LogP contribution is 2.52. The first-order valence-corrected chi connectivity index (χ1v) is 38.9. The van der Waals surface area contributed by atoms with Crippen LogP contribution in [0.25, 0.3) is 50.4 Å². The molecule has 0 aliphatic carbocycles. The van der Waals surface area contributed by atoms with Crippen molar-refractivity contribution in [3.05, 3.63) is 103 Å². The number of hydrogen-bond donors (Lipinski definition) is 0. The predicted octanol–water partition coefficient (Wildman–Crippen LogP) is 25.5. The molecular weight excluding hydrogens is 1140 g/mol. The SMILES string of the molecule is CCCCCCCCC(CCCCCC)CN1C(=O)C2=C(c3ccc(-c4ccc(-c5ccc(CCCCCC)s5)s4)s3)N(CC(CCCCCC)CCCCCCCC)C(=O)C2=C1c1ccc(-c2ccc(-c3ccc(CCCCCC)s3)s2)s1. The smallest absolute Gasteiger partial charge is 0.261 e. The second-order valence-corrected chi connectivity index (χ2v) is 31.3. The number of hydrogen-bond acceptors (Lipinski definition) is 8. The Morgan fingerprint density at radius 2 is 0.524 bits per heavy atom. The Kier molecular flexibility index (Phi) is 28.7. The maximum Gasteiger partial charge on any atom is 0.261 e. The average Bonchev–Trinajstić information content (AvgIpc) is 3.62. The van der Waals surface area contributed by atoms with Crippen molar-refractivity contribution in [1.82, 2.24) is 9.80 Å². The van der Waals surface area contributed by atoms with E-state index in [1.807, 2.05) is 45.3 Å². The summed E-state index contributed by atoms with van der Waals surface area (Å²) in [6, 6.07) is 27.6. The molecule has 84 heavy (non-hydrogen) atoms. The Morgan fingerprint density at radius 3 is 0.845 bits per heavy atom. The van der Waals surface area contributed by atoms with Crippen molar-refractivity contribution in [3.8, 4) is 39.0 Å². The van der Waals surface area contributed by atoms with Crippen LogP contribution in [0.1, 0.15) is 267 Å². The van der Waals surface area contributed by atoms with Crippen molar-refractivity contribution in [2.75, 3.05) is 13.1 Å². The van der Waals surface area contributed by atoms with Crippen LogP contribution in [0, 0.1) is 11.8 Å². The third-order valence-corrected chi connectivity index (χ3v) is 25.1. The molecule has 8 heterocycles. The summed E-state index contributed by atoms with van der Waals surface area (Å²) in [6.45, 7) is 15.1. The number of carbonyl (C=O) groups excluding carboxylic acids is 2. The van der Waals surface area contributed by atoms with Crippen molar-refractivity contribution < 1.29 is 9.59 Å². The van der Waals surface area contributed by atoms with Gasteiger partial charge >= 0.3 is 0 Å². The number of rotatable bonds is 44. The van der Waals surface area contributed by atoms with Gasteiger partial charge in [0.1, 0.15) is 0 Å². The summed E-state index contributed by atoms with van der Waals surface area (Å²) < 4.78 is 0. The van der Waals surface area contributed by atoms with Gasteiger partial charge < -0.3 is 9.80 Å². The van der Waals surface area contributed by atoms with E-state index in [0.29, 0.717) is 36.1 Å². The standard InChI is InChI=1S/C74H104N2O2S6/c1-7-13-19-25-27-31-37-55(35-29-21-15-9-3)53-75-71(67-51-49-65(83-67)63-47-45-61(81-63)59-43-41-57(79-59)39-33-23-17-11-5)69-70(73(75)77)72(76(74(69)78)54-56(36-30-22-16-10-4)38-32-28-26-20-14-8-2)68-52-50-66(84-68)64-48-46-62(82-64)60-44-42-58(80-60)40-34-24-18-12-6/h41-52,55-56H,7-40,53-54H2,1-6H3. The first-order valence-electron chi connectivity index (χ1n) is 34.0. The van der Waals surface area contributed by atoms with E-state index in [2.05, 4.69) is 124 Å². The van der Waals surface area contributed by atoms with Crippen LogP contribution in [0.4, 0.5) is 0 Å². The minimum atomic E-state index is 0.0379. The second-order valence-electron chi connectivity index (χ2n) is 24.6. The van der Waals surface area contributed by atoms with Crippen LogP contribution in [-0.4, -0.2) is 34.7 Å². The Balaban J connectivity index is 1.18. The Morgan fingerprint density at radius 1 is 0.286 bits per heavy atom. The molecule has 2 aliphatic rings. The molecule has 0 bridgehead atoms. The van der Waals surface area contributed by atoms with Crippen LogP contribution in [-0.2, 0) is 22.4 Å². The van der Waals surface area contributed by atoms with E-state index in [0.717, 1.165) is 59.7 Å². The minimum absolute atomic E-state index is 0.0379. The Bertz CT molecular complexity index is 2750. The molecule has 4 nitrogen and oxygen atoms in total. The van der Waals surface area contributed by atoms with Gasteiger partial charge in [0.2, 0.25) is 0 Å². The fourth-order valence-corrected chi connectivity index (χ4v) is 19.3.